The Bertz CT molecular complexity index is 585. The second-order valence-electron chi connectivity index (χ2n) is 5.48. The van der Waals surface area contributed by atoms with Crippen molar-refractivity contribution < 1.29 is 9.90 Å². The van der Waals surface area contributed by atoms with Crippen molar-refractivity contribution in [3.05, 3.63) is 70.8 Å². The number of likely N-dealkylation sites (N-methyl/N-ethyl adjacent to an activating group) is 1. The molecular formula is C21H27NO2. The van der Waals surface area contributed by atoms with Crippen molar-refractivity contribution in [3.8, 4) is 12.8 Å². The van der Waals surface area contributed by atoms with Crippen LogP contribution in [0.4, 0.5) is 0 Å². The maximum absolute atomic E-state index is 10.1. The van der Waals surface area contributed by atoms with Crippen molar-refractivity contribution >= 4 is 6.29 Å². The number of hydrogen-bond donors (Lipinski definition) is 1. The van der Waals surface area contributed by atoms with Crippen LogP contribution in [0.2, 0.25) is 0 Å². The quantitative estimate of drug-likeness (QED) is 0.676. The van der Waals surface area contributed by atoms with Gasteiger partial charge in [0, 0.05) is 18.7 Å². The van der Waals surface area contributed by atoms with Gasteiger partial charge in [0.2, 0.25) is 0 Å². The van der Waals surface area contributed by atoms with Gasteiger partial charge in [0.1, 0.15) is 6.29 Å². The predicted molar refractivity (Wildman–Crippen MR) is 101 cm³/mol. The number of carbonyl (C=O) groups is 1. The first-order valence-corrected chi connectivity index (χ1v) is 7.75. The van der Waals surface area contributed by atoms with E-state index in [2.05, 4.69) is 48.9 Å². The average molecular weight is 325 g/mol. The molecule has 0 aliphatic rings. The molecule has 3 nitrogen and oxygen atoms in total. The van der Waals surface area contributed by atoms with Gasteiger partial charge in [-0.3, -0.25) is 9.69 Å². The molecule has 0 saturated heterocycles. The zero-order valence-electron chi connectivity index (χ0n) is 14.8. The van der Waals surface area contributed by atoms with Crippen LogP contribution < -0.4 is 0 Å². The van der Waals surface area contributed by atoms with Crippen LogP contribution in [0.5, 0.6) is 0 Å². The Hall–Kier alpha value is -2.41. The van der Waals surface area contributed by atoms with Gasteiger partial charge in [-0.1, -0.05) is 59.7 Å². The topological polar surface area (TPSA) is 40.5 Å². The fourth-order valence-electron chi connectivity index (χ4n) is 1.90. The van der Waals surface area contributed by atoms with Crippen molar-refractivity contribution in [2.75, 3.05) is 20.2 Å². The summed E-state index contributed by atoms with van der Waals surface area (Å²) in [5.41, 5.74) is 4.50. The van der Waals surface area contributed by atoms with Crippen LogP contribution in [-0.2, 0) is 6.54 Å². The molecule has 0 aliphatic carbocycles. The van der Waals surface area contributed by atoms with Gasteiger partial charge >= 0.3 is 0 Å². The minimum absolute atomic E-state index is 0.225. The maximum Gasteiger partial charge on any atom is 0.150 e. The van der Waals surface area contributed by atoms with E-state index in [4.69, 9.17) is 5.11 Å². The van der Waals surface area contributed by atoms with Gasteiger partial charge in [0.25, 0.3) is 0 Å². The molecule has 1 N–H and O–H groups in total. The zero-order chi connectivity index (χ0) is 18.4. The van der Waals surface area contributed by atoms with Crippen LogP contribution in [0.1, 0.15) is 27.0 Å². The number of aliphatic hydroxyl groups excluding tert-OH is 1. The van der Waals surface area contributed by atoms with Crippen molar-refractivity contribution in [1.82, 2.24) is 4.90 Å². The third-order valence-electron chi connectivity index (χ3n) is 3.27. The number of hydrogen-bond acceptors (Lipinski definition) is 3. The molecular weight excluding hydrogens is 298 g/mol. The summed E-state index contributed by atoms with van der Waals surface area (Å²) in [4.78, 5) is 12.2. The Kier molecular flexibility index (Phi) is 11.8. The smallest absolute Gasteiger partial charge is 0.150 e. The lowest BCUT2D eigenvalue weighted by molar-refractivity contribution is 0.112. The number of aldehydes is 1. The lowest BCUT2D eigenvalue weighted by Crippen LogP contribution is -2.21. The van der Waals surface area contributed by atoms with E-state index in [9.17, 15) is 4.79 Å². The lowest BCUT2D eigenvalue weighted by atomic mass is 10.1. The van der Waals surface area contributed by atoms with Gasteiger partial charge in [-0.2, -0.15) is 0 Å². The highest BCUT2D eigenvalue weighted by molar-refractivity contribution is 5.74. The van der Waals surface area contributed by atoms with Gasteiger partial charge in [-0.05, 0) is 26.5 Å². The Balaban J connectivity index is 0.000000420. The molecule has 0 saturated carbocycles. The fraction of sp³-hybridized carbons (Fsp3) is 0.286. The van der Waals surface area contributed by atoms with Gasteiger partial charge in [-0.15, -0.1) is 12.8 Å². The van der Waals surface area contributed by atoms with Crippen molar-refractivity contribution in [2.45, 2.75) is 20.4 Å². The molecule has 0 amide bonds. The van der Waals surface area contributed by atoms with Crippen molar-refractivity contribution in [2.24, 2.45) is 0 Å². The molecule has 128 valence electrons. The highest BCUT2D eigenvalue weighted by Crippen LogP contribution is 2.05. The molecule has 0 atom stereocenters. The van der Waals surface area contributed by atoms with Gasteiger partial charge in [0.15, 0.2) is 0 Å². The SMILES string of the molecule is C#C.Cc1ccc(C=O)cc1.Cc1ccc(CN(C)CCO)cc1. The van der Waals surface area contributed by atoms with E-state index in [1.54, 1.807) is 0 Å². The molecule has 0 unspecified atom stereocenters. The number of carbonyl (C=O) groups excluding carboxylic acids is 1. The third kappa shape index (κ3) is 9.58. The average Bonchev–Trinajstić information content (AvgIpc) is 2.60. The van der Waals surface area contributed by atoms with Crippen LogP contribution in [0.25, 0.3) is 0 Å². The van der Waals surface area contributed by atoms with Crippen molar-refractivity contribution in [3.63, 3.8) is 0 Å². The molecule has 0 spiro atoms. The molecule has 24 heavy (non-hydrogen) atoms. The minimum Gasteiger partial charge on any atom is -0.395 e. The monoisotopic (exact) mass is 325 g/mol. The Labute approximate surface area is 145 Å². The molecule has 0 bridgehead atoms. The van der Waals surface area contributed by atoms with E-state index in [1.165, 1.54) is 16.7 Å². The summed E-state index contributed by atoms with van der Waals surface area (Å²) < 4.78 is 0. The summed E-state index contributed by atoms with van der Waals surface area (Å²) in [7, 11) is 2.01. The molecule has 0 aromatic heterocycles. The summed E-state index contributed by atoms with van der Waals surface area (Å²) in [6.45, 7) is 5.94. The predicted octanol–water partition coefficient (Wildman–Crippen LogP) is 3.48. The molecule has 0 heterocycles. The first-order valence-electron chi connectivity index (χ1n) is 7.75. The molecule has 2 rings (SSSR count). The Morgan fingerprint density at radius 3 is 1.83 bits per heavy atom. The standard InChI is InChI=1S/C11H17NO.C8H8O.C2H2/c1-10-3-5-11(6-4-10)9-12(2)7-8-13;1-7-2-4-8(6-9)5-3-7;1-2/h3-6,13H,7-9H2,1-2H3;2-6H,1H3;1-2H. The number of aliphatic hydroxyl groups is 1. The molecule has 0 radical (unpaired) electrons. The Morgan fingerprint density at radius 2 is 1.42 bits per heavy atom. The third-order valence-corrected chi connectivity index (χ3v) is 3.27. The van der Waals surface area contributed by atoms with E-state index in [0.717, 1.165) is 24.9 Å². The lowest BCUT2D eigenvalue weighted by Gasteiger charge is -2.14. The van der Waals surface area contributed by atoms with Crippen LogP contribution in [0.15, 0.2) is 48.5 Å². The summed E-state index contributed by atoms with van der Waals surface area (Å²) in [6.07, 6.45) is 8.85. The largest absolute Gasteiger partial charge is 0.395 e. The van der Waals surface area contributed by atoms with Crippen LogP contribution in [-0.4, -0.2) is 36.5 Å². The van der Waals surface area contributed by atoms with Gasteiger partial charge in [-0.25, -0.2) is 0 Å². The second-order valence-corrected chi connectivity index (χ2v) is 5.48. The number of aryl methyl sites for hydroxylation is 2. The molecule has 0 fully saturated rings. The zero-order valence-corrected chi connectivity index (χ0v) is 14.8. The van der Waals surface area contributed by atoms with Crippen molar-refractivity contribution in [1.29, 1.82) is 0 Å². The number of benzene rings is 2. The van der Waals surface area contributed by atoms with E-state index in [1.807, 2.05) is 38.2 Å². The minimum atomic E-state index is 0.225. The van der Waals surface area contributed by atoms with Gasteiger partial charge in [0.05, 0.1) is 6.61 Å². The second kappa shape index (κ2) is 13.1. The molecule has 2 aromatic rings. The molecule has 2 aromatic carbocycles. The highest BCUT2D eigenvalue weighted by Gasteiger charge is 1.98. The normalized spacial score (nSPS) is 9.29. The van der Waals surface area contributed by atoms with E-state index < -0.39 is 0 Å². The first-order chi connectivity index (χ1) is 11.5. The summed E-state index contributed by atoms with van der Waals surface area (Å²) in [5.74, 6) is 0. The number of rotatable bonds is 5. The van der Waals surface area contributed by atoms with Crippen LogP contribution >= 0.6 is 0 Å². The highest BCUT2D eigenvalue weighted by atomic mass is 16.3. The molecule has 3 heteroatoms. The maximum atomic E-state index is 10.1. The number of nitrogens with zero attached hydrogens (tertiary/aromatic N) is 1. The molecule has 0 aliphatic heterocycles. The van der Waals surface area contributed by atoms with Crippen LogP contribution in [0, 0.1) is 26.7 Å². The summed E-state index contributed by atoms with van der Waals surface area (Å²) >= 11 is 0. The fourth-order valence-corrected chi connectivity index (χ4v) is 1.90. The summed E-state index contributed by atoms with van der Waals surface area (Å²) in [5, 5.41) is 8.72. The van der Waals surface area contributed by atoms with E-state index in [0.29, 0.717) is 0 Å². The summed E-state index contributed by atoms with van der Waals surface area (Å²) in [6, 6.07) is 15.9. The van der Waals surface area contributed by atoms with E-state index in [-0.39, 0.29) is 6.61 Å². The van der Waals surface area contributed by atoms with Gasteiger partial charge < -0.3 is 5.11 Å². The number of terminal acetylenes is 1. The van der Waals surface area contributed by atoms with E-state index >= 15 is 0 Å². The first kappa shape index (κ1) is 21.6. The van der Waals surface area contributed by atoms with Crippen LogP contribution in [0.3, 0.4) is 0 Å². The Morgan fingerprint density at radius 1 is 0.958 bits per heavy atom.